The smallest absolute Gasteiger partial charge is 0.303 e. The summed E-state index contributed by atoms with van der Waals surface area (Å²) in [6.07, 6.45) is 1.73. The summed E-state index contributed by atoms with van der Waals surface area (Å²) in [4.78, 5) is 18.2. The molecule has 1 fully saturated rings. The number of nitrogens with two attached hydrogens (primary N) is 1. The van der Waals surface area contributed by atoms with E-state index in [4.69, 9.17) is 10.5 Å². The third kappa shape index (κ3) is 6.82. The van der Waals surface area contributed by atoms with E-state index in [1.165, 1.54) is 7.11 Å². The van der Waals surface area contributed by atoms with E-state index in [1.807, 2.05) is 0 Å². The highest BCUT2D eigenvalue weighted by molar-refractivity contribution is 5.85. The molecule has 4 rings (SSSR count). The highest BCUT2D eigenvalue weighted by Gasteiger charge is 2.37. The molecular formula is C29H34F4N4O3. The Labute approximate surface area is 230 Å². The van der Waals surface area contributed by atoms with Crippen LogP contribution in [0.3, 0.4) is 0 Å². The molecule has 0 aliphatic carbocycles. The van der Waals surface area contributed by atoms with E-state index >= 15 is 4.39 Å². The van der Waals surface area contributed by atoms with Crippen molar-refractivity contribution in [1.29, 1.82) is 0 Å². The quantitative estimate of drug-likeness (QED) is 0.196. The van der Waals surface area contributed by atoms with Gasteiger partial charge in [-0.2, -0.15) is 0 Å². The van der Waals surface area contributed by atoms with Crippen molar-refractivity contribution in [3.8, 4) is 5.75 Å². The first-order valence-electron chi connectivity index (χ1n) is 13.3. The fourth-order valence-electron chi connectivity index (χ4n) is 5.59. The molecule has 0 amide bonds. The second-order valence-electron chi connectivity index (χ2n) is 10.4. The topological polar surface area (TPSA) is 101 Å². The van der Waals surface area contributed by atoms with Crippen LogP contribution in [0.2, 0.25) is 0 Å². The average Bonchev–Trinajstić information content (AvgIpc) is 2.94. The monoisotopic (exact) mass is 562 g/mol. The molecule has 0 radical (unpaired) electrons. The highest BCUT2D eigenvalue weighted by atomic mass is 19.2. The zero-order valence-corrected chi connectivity index (χ0v) is 22.4. The number of carbonyl (C=O) groups is 1. The van der Waals surface area contributed by atoms with Gasteiger partial charge in [-0.25, -0.2) is 17.6 Å². The van der Waals surface area contributed by atoms with Crippen LogP contribution in [0.25, 0.3) is 10.9 Å². The van der Waals surface area contributed by atoms with Gasteiger partial charge in [0, 0.05) is 48.9 Å². The number of anilines is 1. The third-order valence-corrected chi connectivity index (χ3v) is 7.84. The molecule has 11 heteroatoms. The van der Waals surface area contributed by atoms with Crippen LogP contribution in [-0.4, -0.2) is 54.2 Å². The fourth-order valence-corrected chi connectivity index (χ4v) is 5.59. The molecule has 0 saturated carbocycles. The summed E-state index contributed by atoms with van der Waals surface area (Å²) in [6, 6.07) is 6.65. The zero-order chi connectivity index (χ0) is 28.9. The maximum absolute atomic E-state index is 15.9. The van der Waals surface area contributed by atoms with Gasteiger partial charge >= 0.3 is 5.97 Å². The van der Waals surface area contributed by atoms with E-state index in [0.717, 1.165) is 6.07 Å². The molecule has 1 unspecified atom stereocenters. The van der Waals surface area contributed by atoms with Gasteiger partial charge in [-0.05, 0) is 68.0 Å². The lowest BCUT2D eigenvalue weighted by Gasteiger charge is -2.41. The number of carboxylic acid groups (broad SMARTS) is 1. The number of nitrogens with zero attached hydrogens (tertiary/aromatic N) is 2. The number of hydrogen-bond acceptors (Lipinski definition) is 6. The van der Waals surface area contributed by atoms with Crippen LogP contribution in [0, 0.1) is 22.9 Å². The van der Waals surface area contributed by atoms with Gasteiger partial charge in [-0.15, -0.1) is 0 Å². The molecule has 3 aromatic rings. The first kappa shape index (κ1) is 29.5. The second kappa shape index (κ2) is 12.8. The predicted molar refractivity (Wildman–Crippen MR) is 144 cm³/mol. The molecule has 1 aromatic heterocycles. The van der Waals surface area contributed by atoms with Crippen molar-refractivity contribution in [1.82, 2.24) is 9.88 Å². The second-order valence-corrected chi connectivity index (χ2v) is 10.4. The Bertz CT molecular complexity index is 1340. The largest absolute Gasteiger partial charge is 0.497 e. The van der Waals surface area contributed by atoms with Gasteiger partial charge in [0.1, 0.15) is 17.7 Å². The van der Waals surface area contributed by atoms with Crippen LogP contribution < -0.4 is 15.8 Å². The number of alkyl halides is 1. The normalized spacial score (nSPS) is 16.1. The van der Waals surface area contributed by atoms with Crippen molar-refractivity contribution in [2.24, 2.45) is 11.1 Å². The van der Waals surface area contributed by atoms with E-state index in [1.54, 1.807) is 24.4 Å². The number of carboxylic acids is 1. The molecule has 2 heterocycles. The molecule has 1 aliphatic rings. The minimum absolute atomic E-state index is 0.0751. The van der Waals surface area contributed by atoms with E-state index < -0.39 is 35.0 Å². The summed E-state index contributed by atoms with van der Waals surface area (Å²) in [5, 5.41) is 13.0. The molecule has 0 bridgehead atoms. The Hall–Kier alpha value is -3.44. The van der Waals surface area contributed by atoms with E-state index in [-0.39, 0.29) is 31.6 Å². The first-order chi connectivity index (χ1) is 19.1. The summed E-state index contributed by atoms with van der Waals surface area (Å²) >= 11 is 0. The molecule has 4 N–H and O–H groups in total. The van der Waals surface area contributed by atoms with Crippen LogP contribution in [0.15, 0.2) is 36.5 Å². The third-order valence-electron chi connectivity index (χ3n) is 7.84. The van der Waals surface area contributed by atoms with Crippen molar-refractivity contribution >= 4 is 22.6 Å². The number of aromatic nitrogens is 1. The van der Waals surface area contributed by atoms with Gasteiger partial charge in [-0.1, -0.05) is 0 Å². The summed E-state index contributed by atoms with van der Waals surface area (Å²) in [5.41, 5.74) is 6.76. The Kier molecular flexibility index (Phi) is 9.47. The van der Waals surface area contributed by atoms with Crippen LogP contribution in [0.1, 0.15) is 49.4 Å². The van der Waals surface area contributed by atoms with E-state index in [9.17, 15) is 23.1 Å². The fraction of sp³-hybridized carbons (Fsp3) is 0.448. The summed E-state index contributed by atoms with van der Waals surface area (Å²) in [6.45, 7) is 1.96. The lowest BCUT2D eigenvalue weighted by Crippen LogP contribution is -2.43. The number of rotatable bonds is 12. The van der Waals surface area contributed by atoms with Crippen molar-refractivity contribution in [3.05, 3.63) is 65.1 Å². The van der Waals surface area contributed by atoms with Crippen molar-refractivity contribution < 1.29 is 32.2 Å². The van der Waals surface area contributed by atoms with Gasteiger partial charge in [-0.3, -0.25) is 9.78 Å². The SMILES string of the molecule is COc1ccc2ncc(CN)c(C(F)CCC3(CC(=O)O)CCN(CCNc4cc(F)cc(F)c4F)CC3)c2c1. The number of hydrogen-bond donors (Lipinski definition) is 3. The average molecular weight is 563 g/mol. The number of ether oxygens (including phenoxy) is 1. The van der Waals surface area contributed by atoms with Crippen molar-refractivity contribution in [3.63, 3.8) is 0 Å². The Balaban J connectivity index is 1.41. The van der Waals surface area contributed by atoms with Crippen LogP contribution in [0.4, 0.5) is 23.2 Å². The minimum Gasteiger partial charge on any atom is -0.497 e. The molecular weight excluding hydrogens is 528 g/mol. The van der Waals surface area contributed by atoms with Crippen LogP contribution in [-0.2, 0) is 11.3 Å². The standard InChI is InChI=1S/C29H34F4N4O3/c1-40-20-2-3-24-21(14-20)27(18(16-34)17-36-24)22(31)4-5-29(15-26(38)39)6-9-37(10-7-29)11-8-35-25-13-19(30)12-23(32)28(25)33/h2-3,12-14,17,22,35H,4-11,15-16,34H2,1H3,(H,38,39). The molecule has 2 aromatic carbocycles. The molecule has 216 valence electrons. The summed E-state index contributed by atoms with van der Waals surface area (Å²) in [5.74, 6) is -3.63. The number of benzene rings is 2. The summed E-state index contributed by atoms with van der Waals surface area (Å²) < 4.78 is 62.0. The number of aliphatic carboxylic acids is 1. The number of methoxy groups -OCH3 is 1. The zero-order valence-electron chi connectivity index (χ0n) is 22.4. The van der Waals surface area contributed by atoms with Gasteiger partial charge < -0.3 is 25.8 Å². The van der Waals surface area contributed by atoms with Crippen molar-refractivity contribution in [2.45, 2.75) is 44.8 Å². The van der Waals surface area contributed by atoms with Gasteiger partial charge in [0.15, 0.2) is 11.6 Å². The molecule has 7 nitrogen and oxygen atoms in total. The molecule has 40 heavy (non-hydrogen) atoms. The summed E-state index contributed by atoms with van der Waals surface area (Å²) in [7, 11) is 1.53. The van der Waals surface area contributed by atoms with Gasteiger partial charge in [0.2, 0.25) is 0 Å². The van der Waals surface area contributed by atoms with Crippen LogP contribution in [0.5, 0.6) is 5.75 Å². The number of pyridine rings is 1. The Morgan fingerprint density at radius 3 is 2.65 bits per heavy atom. The maximum atomic E-state index is 15.9. The van der Waals surface area contributed by atoms with E-state index in [0.29, 0.717) is 72.7 Å². The van der Waals surface area contributed by atoms with Gasteiger partial charge in [0.05, 0.1) is 24.7 Å². The van der Waals surface area contributed by atoms with Gasteiger partial charge in [0.25, 0.3) is 0 Å². The Morgan fingerprint density at radius 1 is 1.23 bits per heavy atom. The number of piperidine rings is 1. The Morgan fingerprint density at radius 2 is 1.98 bits per heavy atom. The maximum Gasteiger partial charge on any atom is 0.303 e. The number of halogens is 4. The molecule has 1 aliphatic heterocycles. The lowest BCUT2D eigenvalue weighted by molar-refractivity contribution is -0.141. The van der Waals surface area contributed by atoms with Crippen molar-refractivity contribution in [2.75, 3.05) is 38.6 Å². The lowest BCUT2D eigenvalue weighted by atomic mass is 9.71. The molecule has 1 atom stereocenters. The predicted octanol–water partition coefficient (Wildman–Crippen LogP) is 5.58. The number of likely N-dealkylation sites (tertiary alicyclic amines) is 1. The highest BCUT2D eigenvalue weighted by Crippen LogP contribution is 2.43. The minimum atomic E-state index is -1.37. The van der Waals surface area contributed by atoms with E-state index in [2.05, 4.69) is 15.2 Å². The van der Waals surface area contributed by atoms with Crippen LogP contribution >= 0.6 is 0 Å². The number of fused-ring (bicyclic) bond motifs is 1. The molecule has 0 spiro atoms. The first-order valence-corrected chi connectivity index (χ1v) is 13.3. The number of nitrogens with one attached hydrogen (secondary N) is 1. The molecule has 1 saturated heterocycles.